The van der Waals surface area contributed by atoms with Crippen LogP contribution in [0.15, 0.2) is 30.5 Å². The van der Waals surface area contributed by atoms with E-state index in [4.69, 9.17) is 21.4 Å². The van der Waals surface area contributed by atoms with E-state index in [1.54, 1.807) is 31.2 Å². The van der Waals surface area contributed by atoms with Crippen LogP contribution in [0.25, 0.3) is 11.1 Å². The predicted molar refractivity (Wildman–Crippen MR) is 74.4 cm³/mol. The molecule has 0 fully saturated rings. The first-order chi connectivity index (χ1) is 9.67. The molecule has 5 nitrogen and oxygen atoms in total. The summed E-state index contributed by atoms with van der Waals surface area (Å²) < 4.78 is 4.98. The van der Waals surface area contributed by atoms with Crippen molar-refractivity contribution in [2.75, 3.05) is 6.61 Å². The lowest BCUT2D eigenvalue weighted by atomic mass is 10.1. The fourth-order valence-electron chi connectivity index (χ4n) is 1.73. The minimum absolute atomic E-state index is 0.0963. The van der Waals surface area contributed by atoms with Crippen molar-refractivity contribution in [1.82, 2.24) is 9.97 Å². The van der Waals surface area contributed by atoms with E-state index in [-0.39, 0.29) is 24.7 Å². The highest BCUT2D eigenvalue weighted by molar-refractivity contribution is 6.33. The van der Waals surface area contributed by atoms with Crippen LogP contribution in [0.4, 0.5) is 0 Å². The van der Waals surface area contributed by atoms with Crippen molar-refractivity contribution in [1.29, 1.82) is 0 Å². The summed E-state index contributed by atoms with van der Waals surface area (Å²) in [6.07, 6.45) is 1.46. The third-order valence-corrected chi connectivity index (χ3v) is 2.94. The first-order valence-electron chi connectivity index (χ1n) is 6.06. The molecule has 20 heavy (non-hydrogen) atoms. The van der Waals surface area contributed by atoms with Crippen molar-refractivity contribution in [3.63, 3.8) is 0 Å². The SMILES string of the molecule is CCOC(=O)c1nc(CO)ncc1-c1ccccc1Cl. The van der Waals surface area contributed by atoms with Crippen LogP contribution in [-0.2, 0) is 11.3 Å². The normalized spacial score (nSPS) is 10.3. The molecule has 0 amide bonds. The third kappa shape index (κ3) is 2.95. The fraction of sp³-hybridized carbons (Fsp3) is 0.214. The van der Waals surface area contributed by atoms with E-state index in [0.717, 1.165) is 0 Å². The summed E-state index contributed by atoms with van der Waals surface area (Å²) in [7, 11) is 0. The molecule has 0 aliphatic heterocycles. The van der Waals surface area contributed by atoms with E-state index >= 15 is 0 Å². The molecule has 1 aromatic heterocycles. The first kappa shape index (κ1) is 14.4. The summed E-state index contributed by atoms with van der Waals surface area (Å²) in [5.74, 6) is -0.414. The number of hydrogen-bond donors (Lipinski definition) is 1. The number of halogens is 1. The maximum Gasteiger partial charge on any atom is 0.357 e. The number of hydrogen-bond acceptors (Lipinski definition) is 5. The summed E-state index contributed by atoms with van der Waals surface area (Å²) in [6, 6.07) is 7.07. The minimum Gasteiger partial charge on any atom is -0.461 e. The summed E-state index contributed by atoms with van der Waals surface area (Å²) in [4.78, 5) is 20.0. The average molecular weight is 293 g/mol. The van der Waals surface area contributed by atoms with Gasteiger partial charge in [0.25, 0.3) is 0 Å². The molecular formula is C14H13ClN2O3. The van der Waals surface area contributed by atoms with E-state index in [9.17, 15) is 4.79 Å². The standard InChI is InChI=1S/C14H13ClN2O3/c1-2-20-14(19)13-10(7-16-12(8-18)17-13)9-5-3-4-6-11(9)15/h3-7,18H,2,8H2,1H3. The third-order valence-electron chi connectivity index (χ3n) is 2.61. The zero-order valence-electron chi connectivity index (χ0n) is 10.8. The number of benzene rings is 1. The maximum atomic E-state index is 12.0. The number of ether oxygens (including phenoxy) is 1. The van der Waals surface area contributed by atoms with Gasteiger partial charge >= 0.3 is 5.97 Å². The van der Waals surface area contributed by atoms with Gasteiger partial charge in [0.05, 0.1) is 6.61 Å². The lowest BCUT2D eigenvalue weighted by molar-refractivity contribution is 0.0519. The van der Waals surface area contributed by atoms with Crippen molar-refractivity contribution in [2.45, 2.75) is 13.5 Å². The van der Waals surface area contributed by atoms with Gasteiger partial charge in [0.15, 0.2) is 11.5 Å². The molecule has 0 bridgehead atoms. The maximum absolute atomic E-state index is 12.0. The van der Waals surface area contributed by atoms with Crippen molar-refractivity contribution >= 4 is 17.6 Å². The second-order valence-corrected chi connectivity index (χ2v) is 4.31. The van der Waals surface area contributed by atoms with Gasteiger partial charge < -0.3 is 9.84 Å². The van der Waals surface area contributed by atoms with Gasteiger partial charge in [0, 0.05) is 22.3 Å². The molecule has 0 saturated carbocycles. The highest BCUT2D eigenvalue weighted by Crippen LogP contribution is 2.29. The number of carbonyl (C=O) groups excluding carboxylic acids is 1. The largest absolute Gasteiger partial charge is 0.461 e. The van der Waals surface area contributed by atoms with Crippen LogP contribution in [0.2, 0.25) is 5.02 Å². The number of esters is 1. The fourth-order valence-corrected chi connectivity index (χ4v) is 1.96. The molecule has 0 atom stereocenters. The van der Waals surface area contributed by atoms with Crippen LogP contribution in [0.3, 0.4) is 0 Å². The van der Waals surface area contributed by atoms with E-state index in [2.05, 4.69) is 9.97 Å². The average Bonchev–Trinajstić information content (AvgIpc) is 2.47. The minimum atomic E-state index is -0.570. The second-order valence-electron chi connectivity index (χ2n) is 3.91. The van der Waals surface area contributed by atoms with Crippen LogP contribution in [-0.4, -0.2) is 27.7 Å². The van der Waals surface area contributed by atoms with Crippen LogP contribution in [0.1, 0.15) is 23.2 Å². The molecule has 1 aromatic carbocycles. The molecule has 104 valence electrons. The van der Waals surface area contributed by atoms with Crippen molar-refractivity contribution in [2.24, 2.45) is 0 Å². The van der Waals surface area contributed by atoms with Crippen LogP contribution >= 0.6 is 11.6 Å². The molecule has 0 unspecified atom stereocenters. The molecule has 0 saturated heterocycles. The van der Waals surface area contributed by atoms with Crippen LogP contribution < -0.4 is 0 Å². The molecule has 0 spiro atoms. The number of aliphatic hydroxyl groups excluding tert-OH is 1. The quantitative estimate of drug-likeness (QED) is 0.876. The van der Waals surface area contributed by atoms with E-state index in [1.807, 2.05) is 0 Å². The van der Waals surface area contributed by atoms with Crippen molar-refractivity contribution in [3.05, 3.63) is 47.0 Å². The Kier molecular flexibility index (Phi) is 4.65. The summed E-state index contributed by atoms with van der Waals surface area (Å²) in [6.45, 7) is 1.59. The Morgan fingerprint density at radius 3 is 2.75 bits per heavy atom. The van der Waals surface area contributed by atoms with Crippen LogP contribution in [0, 0.1) is 0 Å². The number of rotatable bonds is 4. The highest BCUT2D eigenvalue weighted by atomic mass is 35.5. The summed E-state index contributed by atoms with van der Waals surface area (Å²) >= 11 is 6.13. The van der Waals surface area contributed by atoms with Crippen LogP contribution in [0.5, 0.6) is 0 Å². The molecule has 2 rings (SSSR count). The zero-order chi connectivity index (χ0) is 14.5. The molecule has 2 aromatic rings. The van der Waals surface area contributed by atoms with E-state index < -0.39 is 5.97 Å². The summed E-state index contributed by atoms with van der Waals surface area (Å²) in [5, 5.41) is 9.57. The predicted octanol–water partition coefficient (Wildman–Crippen LogP) is 2.47. The van der Waals surface area contributed by atoms with Gasteiger partial charge in [-0.3, -0.25) is 0 Å². The Bertz CT molecular complexity index is 632. The van der Waals surface area contributed by atoms with E-state index in [0.29, 0.717) is 16.1 Å². The molecule has 0 aliphatic rings. The second kappa shape index (κ2) is 6.45. The van der Waals surface area contributed by atoms with Gasteiger partial charge in [-0.1, -0.05) is 29.8 Å². The molecule has 0 radical (unpaired) electrons. The van der Waals surface area contributed by atoms with Gasteiger partial charge in [0.1, 0.15) is 6.61 Å². The smallest absolute Gasteiger partial charge is 0.357 e. The van der Waals surface area contributed by atoms with Crippen molar-refractivity contribution < 1.29 is 14.6 Å². The Hall–Kier alpha value is -1.98. The number of carbonyl (C=O) groups is 1. The number of nitrogens with zero attached hydrogens (tertiary/aromatic N) is 2. The molecule has 6 heteroatoms. The monoisotopic (exact) mass is 292 g/mol. The number of aromatic nitrogens is 2. The Morgan fingerprint density at radius 2 is 2.10 bits per heavy atom. The lowest BCUT2D eigenvalue weighted by Gasteiger charge is -2.10. The summed E-state index contributed by atoms with van der Waals surface area (Å²) in [5.41, 5.74) is 1.21. The van der Waals surface area contributed by atoms with Gasteiger partial charge in [-0.15, -0.1) is 0 Å². The molecule has 1 heterocycles. The van der Waals surface area contributed by atoms with Crippen molar-refractivity contribution in [3.8, 4) is 11.1 Å². The number of aliphatic hydroxyl groups is 1. The Labute approximate surface area is 121 Å². The lowest BCUT2D eigenvalue weighted by Crippen LogP contribution is -2.12. The zero-order valence-corrected chi connectivity index (χ0v) is 11.6. The molecule has 0 aliphatic carbocycles. The van der Waals surface area contributed by atoms with Gasteiger partial charge in [-0.2, -0.15) is 0 Å². The highest BCUT2D eigenvalue weighted by Gasteiger charge is 2.19. The van der Waals surface area contributed by atoms with Gasteiger partial charge in [-0.05, 0) is 13.0 Å². The Balaban J connectivity index is 2.58. The Morgan fingerprint density at radius 1 is 1.35 bits per heavy atom. The van der Waals surface area contributed by atoms with Gasteiger partial charge in [-0.25, -0.2) is 14.8 Å². The first-order valence-corrected chi connectivity index (χ1v) is 6.44. The molecule has 1 N–H and O–H groups in total. The van der Waals surface area contributed by atoms with E-state index in [1.165, 1.54) is 6.20 Å². The van der Waals surface area contributed by atoms with Gasteiger partial charge in [0.2, 0.25) is 0 Å². The topological polar surface area (TPSA) is 72.3 Å². The molecular weight excluding hydrogens is 280 g/mol.